The highest BCUT2D eigenvalue weighted by molar-refractivity contribution is 5.97. The lowest BCUT2D eigenvalue weighted by Crippen LogP contribution is -2.12. The number of carboxylic acids is 1. The van der Waals surface area contributed by atoms with Crippen LogP contribution in [0.1, 0.15) is 27.0 Å². The molecule has 1 heterocycles. The van der Waals surface area contributed by atoms with E-state index in [4.69, 9.17) is 0 Å². The molecule has 0 amide bonds. The highest BCUT2D eigenvalue weighted by Crippen LogP contribution is 2.46. The molecule has 0 spiro atoms. The van der Waals surface area contributed by atoms with Gasteiger partial charge in [0, 0.05) is 10.9 Å². The van der Waals surface area contributed by atoms with E-state index in [1.165, 1.54) is 42.5 Å². The number of carbonyl (C=O) groups is 1. The van der Waals surface area contributed by atoms with Gasteiger partial charge in [-0.3, -0.25) is 4.57 Å². The smallest absolute Gasteiger partial charge is 0.416 e. The maximum Gasteiger partial charge on any atom is 0.416 e. The van der Waals surface area contributed by atoms with Crippen LogP contribution in [0, 0.1) is 0 Å². The van der Waals surface area contributed by atoms with Gasteiger partial charge in [-0.05, 0) is 60.2 Å². The average Bonchev–Trinajstić information content (AvgIpc) is 3.25. The van der Waals surface area contributed by atoms with Crippen molar-refractivity contribution in [2.45, 2.75) is 18.5 Å². The number of nitrogens with zero attached hydrogens (tertiary/aromatic N) is 3. The van der Waals surface area contributed by atoms with Gasteiger partial charge in [0.15, 0.2) is 11.4 Å². The fraction of sp³-hybridized carbons (Fsp3) is 0.100. The Morgan fingerprint density at radius 3 is 1.87 bits per heavy atom. The Morgan fingerprint density at radius 1 is 0.674 bits per heavy atom. The number of alkyl halides is 9. The third-order valence-electron chi connectivity index (χ3n) is 6.77. The number of azo groups is 1. The van der Waals surface area contributed by atoms with Crippen LogP contribution in [0.2, 0.25) is 0 Å². The molecule has 46 heavy (non-hydrogen) atoms. The lowest BCUT2D eigenvalue weighted by Gasteiger charge is -2.16. The molecule has 4 aromatic carbocycles. The summed E-state index contributed by atoms with van der Waals surface area (Å²) in [5.74, 6) is -2.94. The van der Waals surface area contributed by atoms with Crippen LogP contribution in [0.4, 0.5) is 50.9 Å². The normalized spacial score (nSPS) is 12.7. The zero-order chi connectivity index (χ0) is 33.8. The van der Waals surface area contributed by atoms with Gasteiger partial charge < -0.3 is 15.3 Å². The molecule has 0 aliphatic carbocycles. The summed E-state index contributed by atoms with van der Waals surface area (Å²) in [5, 5.41) is 38.5. The van der Waals surface area contributed by atoms with Crippen molar-refractivity contribution in [3.63, 3.8) is 0 Å². The Labute approximate surface area is 251 Å². The van der Waals surface area contributed by atoms with Gasteiger partial charge in [-0.15, -0.1) is 10.2 Å². The van der Waals surface area contributed by atoms with Gasteiger partial charge in [-0.2, -0.15) is 39.5 Å². The van der Waals surface area contributed by atoms with E-state index < -0.39 is 69.7 Å². The number of hydrogen-bond donors (Lipinski definition) is 3. The maximum absolute atomic E-state index is 13.6. The number of aromatic nitrogens is 1. The summed E-state index contributed by atoms with van der Waals surface area (Å²) >= 11 is 0. The monoisotopic (exact) mass is 653 g/mol. The molecule has 5 rings (SSSR count). The highest BCUT2D eigenvalue weighted by Gasteiger charge is 2.38. The molecule has 238 valence electrons. The van der Waals surface area contributed by atoms with Crippen molar-refractivity contribution in [2.24, 2.45) is 10.2 Å². The van der Waals surface area contributed by atoms with E-state index in [1.54, 1.807) is 0 Å². The van der Waals surface area contributed by atoms with E-state index in [0.29, 0.717) is 16.7 Å². The van der Waals surface area contributed by atoms with Crippen LogP contribution in [0.15, 0.2) is 89.1 Å². The van der Waals surface area contributed by atoms with Crippen LogP contribution >= 0.6 is 0 Å². The molecule has 0 aliphatic rings. The summed E-state index contributed by atoms with van der Waals surface area (Å²) in [4.78, 5) is 11.4. The molecule has 16 heteroatoms. The summed E-state index contributed by atoms with van der Waals surface area (Å²) < 4.78 is 123. The number of phenols is 1. The van der Waals surface area contributed by atoms with Gasteiger partial charge in [0.25, 0.3) is 0 Å². The first-order valence-electron chi connectivity index (χ1n) is 12.7. The molecule has 0 atom stereocenters. The van der Waals surface area contributed by atoms with Crippen molar-refractivity contribution in [1.29, 1.82) is 0 Å². The van der Waals surface area contributed by atoms with Crippen molar-refractivity contribution in [3.8, 4) is 28.4 Å². The van der Waals surface area contributed by atoms with Gasteiger partial charge in [-0.1, -0.05) is 24.3 Å². The van der Waals surface area contributed by atoms with Crippen molar-refractivity contribution >= 4 is 28.2 Å². The van der Waals surface area contributed by atoms with Crippen LogP contribution in [-0.2, 0) is 18.5 Å². The Hall–Kier alpha value is -5.54. The number of fused-ring (bicyclic) bond motifs is 1. The number of carboxylic acid groups (broad SMARTS) is 1. The number of hydrogen-bond acceptors (Lipinski definition) is 5. The predicted octanol–water partition coefficient (Wildman–Crippen LogP) is 9.88. The summed E-state index contributed by atoms with van der Waals surface area (Å²) in [7, 11) is 0. The van der Waals surface area contributed by atoms with Crippen molar-refractivity contribution < 1.29 is 59.6 Å². The van der Waals surface area contributed by atoms with Crippen molar-refractivity contribution in [3.05, 3.63) is 101 Å². The van der Waals surface area contributed by atoms with E-state index in [-0.39, 0.29) is 46.0 Å². The Kier molecular flexibility index (Phi) is 7.70. The SMILES string of the molecule is O=C(O)c1cccc(-c2cccc(N=Nc3c(O)n(-c4cc(C(F)(F)F)cc(C(F)(F)F)c4)c4cc(C(F)(F)F)ccc34)c2O)c1. The molecule has 0 fully saturated rings. The van der Waals surface area contributed by atoms with Gasteiger partial charge in [0.1, 0.15) is 5.69 Å². The number of aromatic carboxylic acids is 1. The van der Waals surface area contributed by atoms with Gasteiger partial charge in [0.05, 0.1) is 33.5 Å². The predicted molar refractivity (Wildman–Crippen MR) is 145 cm³/mol. The first-order chi connectivity index (χ1) is 21.4. The Bertz CT molecular complexity index is 2000. The number of aromatic hydroxyl groups is 2. The topological polar surface area (TPSA) is 107 Å². The highest BCUT2D eigenvalue weighted by atomic mass is 19.4. The largest absolute Gasteiger partial charge is 0.505 e. The molecule has 5 aromatic rings. The number of phenolic OH excluding ortho intramolecular Hbond substituents is 1. The number of benzene rings is 4. The zero-order valence-corrected chi connectivity index (χ0v) is 22.5. The van der Waals surface area contributed by atoms with Crippen LogP contribution in [-0.4, -0.2) is 25.9 Å². The molecule has 0 saturated carbocycles. The lowest BCUT2D eigenvalue weighted by atomic mass is 10.0. The first-order valence-corrected chi connectivity index (χ1v) is 12.7. The number of para-hydroxylation sites is 1. The standard InChI is InChI=1S/C30H16F9N3O4/c31-28(32,33)16-7-8-21-23(13-16)42(19-11-17(29(34,35)36)10-18(12-19)30(37,38)39)26(44)24(21)41-40-22-6-2-5-20(25(22)43)14-3-1-4-15(9-14)27(45)46/h1-13,43-44H,(H,45,46). The Balaban J connectivity index is 1.72. The molecule has 0 aliphatic heterocycles. The van der Waals surface area contributed by atoms with Gasteiger partial charge in [0.2, 0.25) is 5.88 Å². The quantitative estimate of drug-likeness (QED) is 0.130. The minimum Gasteiger partial charge on any atom is -0.505 e. The fourth-order valence-electron chi connectivity index (χ4n) is 4.63. The van der Waals surface area contributed by atoms with E-state index in [9.17, 15) is 59.6 Å². The maximum atomic E-state index is 13.6. The van der Waals surface area contributed by atoms with E-state index in [2.05, 4.69) is 10.2 Å². The van der Waals surface area contributed by atoms with E-state index >= 15 is 0 Å². The minimum atomic E-state index is -5.30. The summed E-state index contributed by atoms with van der Waals surface area (Å²) in [6.45, 7) is 0. The summed E-state index contributed by atoms with van der Waals surface area (Å²) in [6.07, 6.45) is -15.6. The van der Waals surface area contributed by atoms with Crippen molar-refractivity contribution in [1.82, 2.24) is 4.57 Å². The van der Waals surface area contributed by atoms with Crippen molar-refractivity contribution in [2.75, 3.05) is 0 Å². The van der Waals surface area contributed by atoms with Crippen LogP contribution in [0.25, 0.3) is 27.7 Å². The van der Waals surface area contributed by atoms with Crippen LogP contribution in [0.3, 0.4) is 0 Å². The van der Waals surface area contributed by atoms with E-state index in [0.717, 1.165) is 6.07 Å². The zero-order valence-electron chi connectivity index (χ0n) is 22.5. The van der Waals surface area contributed by atoms with E-state index in [1.807, 2.05) is 0 Å². The number of rotatable bonds is 5. The third kappa shape index (κ3) is 6.05. The first kappa shape index (κ1) is 31.9. The Morgan fingerprint density at radius 2 is 1.28 bits per heavy atom. The molecule has 7 nitrogen and oxygen atoms in total. The second-order valence-corrected chi connectivity index (χ2v) is 9.76. The number of halogens is 9. The molecule has 0 bridgehead atoms. The second-order valence-electron chi connectivity index (χ2n) is 9.76. The summed E-state index contributed by atoms with van der Waals surface area (Å²) in [6, 6.07) is 11.5. The molecule has 0 saturated heterocycles. The van der Waals surface area contributed by atoms with Crippen LogP contribution in [0.5, 0.6) is 11.6 Å². The molecule has 0 radical (unpaired) electrons. The van der Waals surface area contributed by atoms with Crippen LogP contribution < -0.4 is 0 Å². The molecular weight excluding hydrogens is 637 g/mol. The lowest BCUT2D eigenvalue weighted by molar-refractivity contribution is -0.143. The molecule has 3 N–H and O–H groups in total. The third-order valence-corrected chi connectivity index (χ3v) is 6.77. The molecule has 1 aromatic heterocycles. The van der Waals surface area contributed by atoms with Gasteiger partial charge >= 0.3 is 24.5 Å². The average molecular weight is 653 g/mol. The second kappa shape index (κ2) is 11.1. The molecular formula is C30H16F9N3O4. The van der Waals surface area contributed by atoms with Gasteiger partial charge in [-0.25, -0.2) is 4.79 Å². The summed E-state index contributed by atoms with van der Waals surface area (Å²) in [5.41, 5.74) is -7.25. The fourth-order valence-corrected chi connectivity index (χ4v) is 4.63. The molecule has 0 unspecified atom stereocenters. The minimum absolute atomic E-state index is 0.0877.